The zero-order chi connectivity index (χ0) is 19.8. The maximum atomic E-state index is 13.0. The number of carbonyl (C=O) groups excluding carboxylic acids is 1. The zero-order valence-corrected chi connectivity index (χ0v) is 16.5. The topological polar surface area (TPSA) is 113 Å². The number of amides is 1. The Morgan fingerprint density at radius 3 is 2.41 bits per heavy atom. The SMILES string of the molecule is CCS(=O)(=O)N1CCC(N(CC(=O)O)C(=O)c2cc(C3CC3)n(C)n2)CC1. The Kier molecular flexibility index (Phi) is 5.57. The van der Waals surface area contributed by atoms with E-state index in [-0.39, 0.29) is 17.5 Å². The molecule has 9 nitrogen and oxygen atoms in total. The monoisotopic (exact) mass is 398 g/mol. The van der Waals surface area contributed by atoms with Gasteiger partial charge in [-0.1, -0.05) is 0 Å². The van der Waals surface area contributed by atoms with Crippen LogP contribution in [0, 0.1) is 0 Å². The Labute approximate surface area is 159 Å². The van der Waals surface area contributed by atoms with Crippen molar-refractivity contribution in [2.45, 2.75) is 44.6 Å². The fraction of sp³-hybridized carbons (Fsp3) is 0.706. The lowest BCUT2D eigenvalue weighted by Crippen LogP contribution is -2.50. The molecule has 1 aliphatic carbocycles. The van der Waals surface area contributed by atoms with Crippen molar-refractivity contribution in [3.05, 3.63) is 17.5 Å². The van der Waals surface area contributed by atoms with Crippen LogP contribution in [0.4, 0.5) is 0 Å². The lowest BCUT2D eigenvalue weighted by molar-refractivity contribution is -0.138. The van der Waals surface area contributed by atoms with E-state index in [1.165, 1.54) is 9.21 Å². The normalized spacial score (nSPS) is 19.2. The number of aromatic nitrogens is 2. The van der Waals surface area contributed by atoms with Gasteiger partial charge in [-0.2, -0.15) is 5.10 Å². The highest BCUT2D eigenvalue weighted by Crippen LogP contribution is 2.40. The number of nitrogens with zero attached hydrogens (tertiary/aromatic N) is 4. The van der Waals surface area contributed by atoms with Crippen LogP contribution in [0.25, 0.3) is 0 Å². The standard InChI is InChI=1S/C17H26N4O5S/c1-3-27(25,26)20-8-6-13(7-9-20)21(11-16(22)23)17(24)14-10-15(12-4-5-12)19(2)18-14/h10,12-13H,3-9,11H2,1-2H3,(H,22,23). The summed E-state index contributed by atoms with van der Waals surface area (Å²) in [5, 5.41) is 13.6. The third-order valence-corrected chi connectivity index (χ3v) is 7.20. The molecule has 1 N–H and O–H groups in total. The highest BCUT2D eigenvalue weighted by molar-refractivity contribution is 7.89. The van der Waals surface area contributed by atoms with E-state index < -0.39 is 28.4 Å². The second-order valence-corrected chi connectivity index (χ2v) is 9.47. The first-order chi connectivity index (χ1) is 12.7. The summed E-state index contributed by atoms with van der Waals surface area (Å²) in [6.45, 7) is 1.76. The van der Waals surface area contributed by atoms with Crippen molar-refractivity contribution >= 4 is 21.9 Å². The summed E-state index contributed by atoms with van der Waals surface area (Å²) in [4.78, 5) is 25.6. The summed E-state index contributed by atoms with van der Waals surface area (Å²) >= 11 is 0. The van der Waals surface area contributed by atoms with Gasteiger partial charge in [0, 0.05) is 37.8 Å². The van der Waals surface area contributed by atoms with E-state index in [4.69, 9.17) is 0 Å². The minimum Gasteiger partial charge on any atom is -0.480 e. The number of hydrogen-bond acceptors (Lipinski definition) is 5. The van der Waals surface area contributed by atoms with Crippen LogP contribution in [0.5, 0.6) is 0 Å². The predicted molar refractivity (Wildman–Crippen MR) is 97.9 cm³/mol. The molecule has 0 spiro atoms. The third kappa shape index (κ3) is 4.32. The van der Waals surface area contributed by atoms with Gasteiger partial charge in [-0.25, -0.2) is 12.7 Å². The Hall–Kier alpha value is -1.94. The van der Waals surface area contributed by atoms with Gasteiger partial charge < -0.3 is 10.0 Å². The molecular formula is C17H26N4O5S. The van der Waals surface area contributed by atoms with E-state index >= 15 is 0 Å². The molecule has 0 unspecified atom stereocenters. The molecule has 10 heteroatoms. The van der Waals surface area contributed by atoms with Crippen molar-refractivity contribution in [1.29, 1.82) is 0 Å². The average molecular weight is 398 g/mol. The van der Waals surface area contributed by atoms with Gasteiger partial charge in [-0.05, 0) is 38.7 Å². The molecule has 1 aromatic heterocycles. The fourth-order valence-electron chi connectivity index (χ4n) is 3.62. The molecule has 1 saturated heterocycles. The molecule has 1 aromatic rings. The maximum absolute atomic E-state index is 13.0. The van der Waals surface area contributed by atoms with E-state index in [0.29, 0.717) is 31.8 Å². The van der Waals surface area contributed by atoms with Crippen LogP contribution < -0.4 is 0 Å². The molecule has 2 aliphatic rings. The molecular weight excluding hydrogens is 372 g/mol. The van der Waals surface area contributed by atoms with E-state index in [2.05, 4.69) is 5.10 Å². The average Bonchev–Trinajstić information content (AvgIpc) is 3.41. The number of sulfonamides is 1. The molecule has 2 heterocycles. The summed E-state index contributed by atoms with van der Waals surface area (Å²) in [6, 6.07) is 1.44. The van der Waals surface area contributed by atoms with Crippen molar-refractivity contribution in [2.24, 2.45) is 7.05 Å². The minimum atomic E-state index is -3.27. The second kappa shape index (κ2) is 7.59. The van der Waals surface area contributed by atoms with Gasteiger partial charge in [0.15, 0.2) is 5.69 Å². The lowest BCUT2D eigenvalue weighted by Gasteiger charge is -2.37. The molecule has 0 aromatic carbocycles. The molecule has 27 heavy (non-hydrogen) atoms. The maximum Gasteiger partial charge on any atom is 0.323 e. The minimum absolute atomic E-state index is 0.0350. The van der Waals surface area contributed by atoms with Gasteiger partial charge in [-0.3, -0.25) is 14.3 Å². The van der Waals surface area contributed by atoms with E-state index in [9.17, 15) is 23.1 Å². The molecule has 0 atom stereocenters. The highest BCUT2D eigenvalue weighted by atomic mass is 32.2. The molecule has 1 saturated carbocycles. The Morgan fingerprint density at radius 1 is 1.26 bits per heavy atom. The van der Waals surface area contributed by atoms with Crippen molar-refractivity contribution in [3.63, 3.8) is 0 Å². The van der Waals surface area contributed by atoms with Gasteiger partial charge >= 0.3 is 5.97 Å². The summed E-state index contributed by atoms with van der Waals surface area (Å²) in [5.41, 5.74) is 1.25. The van der Waals surface area contributed by atoms with Crippen LogP contribution in [0.2, 0.25) is 0 Å². The van der Waals surface area contributed by atoms with Gasteiger partial charge in [0.1, 0.15) is 6.54 Å². The largest absolute Gasteiger partial charge is 0.480 e. The number of carboxylic acid groups (broad SMARTS) is 1. The molecule has 0 radical (unpaired) electrons. The zero-order valence-electron chi connectivity index (χ0n) is 15.7. The third-order valence-electron chi connectivity index (χ3n) is 5.32. The van der Waals surface area contributed by atoms with Crippen molar-refractivity contribution in [3.8, 4) is 0 Å². The van der Waals surface area contributed by atoms with Crippen LogP contribution in [0.15, 0.2) is 6.07 Å². The van der Waals surface area contributed by atoms with Crippen LogP contribution in [-0.2, 0) is 21.9 Å². The Morgan fingerprint density at radius 2 is 1.89 bits per heavy atom. The number of aryl methyl sites for hydroxylation is 1. The summed E-state index contributed by atoms with van der Waals surface area (Å²) in [6.07, 6.45) is 2.99. The van der Waals surface area contributed by atoms with Crippen LogP contribution in [0.1, 0.15) is 54.7 Å². The van der Waals surface area contributed by atoms with Crippen LogP contribution in [0.3, 0.4) is 0 Å². The van der Waals surface area contributed by atoms with Crippen molar-refractivity contribution in [1.82, 2.24) is 19.0 Å². The van der Waals surface area contributed by atoms with Crippen LogP contribution >= 0.6 is 0 Å². The highest BCUT2D eigenvalue weighted by Gasteiger charge is 2.35. The van der Waals surface area contributed by atoms with Crippen molar-refractivity contribution in [2.75, 3.05) is 25.4 Å². The lowest BCUT2D eigenvalue weighted by atomic mass is 10.0. The Bertz CT molecular complexity index is 822. The summed E-state index contributed by atoms with van der Waals surface area (Å²) < 4.78 is 27.1. The quantitative estimate of drug-likeness (QED) is 0.721. The number of rotatable bonds is 7. The number of carboxylic acids is 1. The van der Waals surface area contributed by atoms with Crippen LogP contribution in [-0.4, -0.2) is 75.8 Å². The molecule has 0 bridgehead atoms. The van der Waals surface area contributed by atoms with Gasteiger partial charge in [0.2, 0.25) is 10.0 Å². The van der Waals surface area contributed by atoms with E-state index in [1.807, 2.05) is 0 Å². The predicted octanol–water partition coefficient (Wildman–Crippen LogP) is 0.638. The molecule has 1 amide bonds. The first kappa shape index (κ1) is 19.8. The van der Waals surface area contributed by atoms with Crippen molar-refractivity contribution < 1.29 is 23.1 Å². The molecule has 3 rings (SSSR count). The molecule has 1 aliphatic heterocycles. The fourth-order valence-corrected chi connectivity index (χ4v) is 4.75. The smallest absolute Gasteiger partial charge is 0.323 e. The summed E-state index contributed by atoms with van der Waals surface area (Å²) in [5.74, 6) is -1.03. The number of piperidine rings is 1. The number of carbonyl (C=O) groups is 2. The number of aliphatic carboxylic acids is 1. The second-order valence-electron chi connectivity index (χ2n) is 7.21. The Balaban J connectivity index is 1.75. The molecule has 2 fully saturated rings. The number of hydrogen-bond donors (Lipinski definition) is 1. The summed E-state index contributed by atoms with van der Waals surface area (Å²) in [7, 11) is -1.48. The molecule has 150 valence electrons. The van der Waals surface area contributed by atoms with Gasteiger partial charge in [-0.15, -0.1) is 0 Å². The van der Waals surface area contributed by atoms with E-state index in [1.54, 1.807) is 24.7 Å². The van der Waals surface area contributed by atoms with E-state index in [0.717, 1.165) is 18.5 Å². The first-order valence-electron chi connectivity index (χ1n) is 9.27. The van der Waals surface area contributed by atoms with Gasteiger partial charge in [0.05, 0.1) is 5.75 Å². The first-order valence-corrected chi connectivity index (χ1v) is 10.9. The van der Waals surface area contributed by atoms with Gasteiger partial charge in [0.25, 0.3) is 5.91 Å².